The standard InChI is InChI=1S/C16H17BrN2OS/c1-10(15-14(17)8-9-21-15)18-12-4-2-11(3-5-12)16(20)19-13-6-7-13/h2-5,8-10,13,18H,6-7H2,1H3,(H,19,20). The van der Waals surface area contributed by atoms with Crippen LogP contribution in [0, 0.1) is 0 Å². The molecule has 1 amide bonds. The molecule has 3 nitrogen and oxygen atoms in total. The zero-order valence-electron chi connectivity index (χ0n) is 11.7. The minimum absolute atomic E-state index is 0.0260. The molecule has 1 aromatic heterocycles. The smallest absolute Gasteiger partial charge is 0.251 e. The number of thiophene rings is 1. The van der Waals surface area contributed by atoms with E-state index in [2.05, 4.69) is 44.9 Å². The second-order valence-corrected chi connectivity index (χ2v) is 7.13. The average Bonchev–Trinajstić information content (AvgIpc) is 3.18. The van der Waals surface area contributed by atoms with Gasteiger partial charge in [-0.25, -0.2) is 0 Å². The SMILES string of the molecule is CC(Nc1ccc(C(=O)NC2CC2)cc1)c1sccc1Br. The van der Waals surface area contributed by atoms with Crippen LogP contribution in [0.1, 0.15) is 41.0 Å². The molecule has 0 aliphatic heterocycles. The Morgan fingerprint density at radius 3 is 2.57 bits per heavy atom. The number of benzene rings is 1. The molecule has 0 bridgehead atoms. The van der Waals surface area contributed by atoms with E-state index < -0.39 is 0 Å². The van der Waals surface area contributed by atoms with Crippen LogP contribution in [-0.4, -0.2) is 11.9 Å². The second-order valence-electron chi connectivity index (χ2n) is 5.32. The molecule has 1 heterocycles. The minimum Gasteiger partial charge on any atom is -0.378 e. The zero-order chi connectivity index (χ0) is 14.8. The maximum Gasteiger partial charge on any atom is 0.251 e. The molecule has 2 N–H and O–H groups in total. The van der Waals surface area contributed by atoms with Crippen LogP contribution >= 0.6 is 27.3 Å². The van der Waals surface area contributed by atoms with E-state index in [-0.39, 0.29) is 11.9 Å². The number of anilines is 1. The van der Waals surface area contributed by atoms with Gasteiger partial charge >= 0.3 is 0 Å². The molecule has 1 fully saturated rings. The summed E-state index contributed by atoms with van der Waals surface area (Å²) in [7, 11) is 0. The molecule has 0 saturated heterocycles. The molecule has 1 saturated carbocycles. The lowest BCUT2D eigenvalue weighted by molar-refractivity contribution is 0.0951. The first kappa shape index (κ1) is 14.6. The van der Waals surface area contributed by atoms with Crippen molar-refractivity contribution in [1.82, 2.24) is 5.32 Å². The number of carbonyl (C=O) groups is 1. The van der Waals surface area contributed by atoms with E-state index >= 15 is 0 Å². The quantitative estimate of drug-likeness (QED) is 0.815. The largest absolute Gasteiger partial charge is 0.378 e. The summed E-state index contributed by atoms with van der Waals surface area (Å²) >= 11 is 5.28. The van der Waals surface area contributed by atoms with Gasteiger partial charge in [0.05, 0.1) is 6.04 Å². The summed E-state index contributed by atoms with van der Waals surface area (Å²) in [6.45, 7) is 2.13. The van der Waals surface area contributed by atoms with E-state index in [1.54, 1.807) is 11.3 Å². The molecule has 5 heteroatoms. The van der Waals surface area contributed by atoms with Crippen LogP contribution in [0.5, 0.6) is 0 Å². The van der Waals surface area contributed by atoms with Crippen molar-refractivity contribution in [3.05, 3.63) is 50.6 Å². The molecule has 2 aromatic rings. The lowest BCUT2D eigenvalue weighted by atomic mass is 10.1. The Balaban J connectivity index is 1.63. The van der Waals surface area contributed by atoms with E-state index in [1.807, 2.05) is 24.3 Å². The molecule has 1 aromatic carbocycles. The number of halogens is 1. The summed E-state index contributed by atoms with van der Waals surface area (Å²) in [5.74, 6) is 0.0260. The van der Waals surface area contributed by atoms with Crippen LogP contribution in [0.3, 0.4) is 0 Å². The third kappa shape index (κ3) is 3.66. The van der Waals surface area contributed by atoms with Gasteiger partial charge in [-0.05, 0) is 71.4 Å². The zero-order valence-corrected chi connectivity index (χ0v) is 14.1. The van der Waals surface area contributed by atoms with Crippen molar-refractivity contribution in [3.63, 3.8) is 0 Å². The summed E-state index contributed by atoms with van der Waals surface area (Å²) in [5.41, 5.74) is 1.74. The molecule has 1 unspecified atom stereocenters. The monoisotopic (exact) mass is 364 g/mol. The lowest BCUT2D eigenvalue weighted by Crippen LogP contribution is -2.25. The molecule has 1 aliphatic rings. The van der Waals surface area contributed by atoms with Crippen LogP contribution in [-0.2, 0) is 0 Å². The molecular formula is C16H17BrN2OS. The fourth-order valence-corrected chi connectivity index (χ4v) is 3.87. The highest BCUT2D eigenvalue weighted by molar-refractivity contribution is 9.10. The van der Waals surface area contributed by atoms with Crippen LogP contribution in [0.4, 0.5) is 5.69 Å². The van der Waals surface area contributed by atoms with E-state index in [1.165, 1.54) is 4.88 Å². The van der Waals surface area contributed by atoms with E-state index in [0.29, 0.717) is 6.04 Å². The number of amides is 1. The number of rotatable bonds is 5. The van der Waals surface area contributed by atoms with Gasteiger partial charge in [0.25, 0.3) is 5.91 Å². The van der Waals surface area contributed by atoms with Gasteiger partial charge in [-0.15, -0.1) is 11.3 Å². The lowest BCUT2D eigenvalue weighted by Gasteiger charge is -2.15. The number of hydrogen-bond acceptors (Lipinski definition) is 3. The maximum atomic E-state index is 11.9. The summed E-state index contributed by atoms with van der Waals surface area (Å²) in [4.78, 5) is 13.2. The van der Waals surface area contributed by atoms with Crippen molar-refractivity contribution < 1.29 is 4.79 Å². The molecule has 1 aliphatic carbocycles. The first-order chi connectivity index (χ1) is 10.1. The van der Waals surface area contributed by atoms with E-state index in [9.17, 15) is 4.79 Å². The van der Waals surface area contributed by atoms with E-state index in [0.717, 1.165) is 28.6 Å². The topological polar surface area (TPSA) is 41.1 Å². The molecular weight excluding hydrogens is 348 g/mol. The van der Waals surface area contributed by atoms with Crippen LogP contribution in [0.2, 0.25) is 0 Å². The Labute approximate surface area is 136 Å². The van der Waals surface area contributed by atoms with Gasteiger partial charge in [-0.2, -0.15) is 0 Å². The van der Waals surface area contributed by atoms with Gasteiger partial charge < -0.3 is 10.6 Å². The van der Waals surface area contributed by atoms with Gasteiger partial charge in [0.1, 0.15) is 0 Å². The van der Waals surface area contributed by atoms with Gasteiger partial charge in [0, 0.05) is 26.6 Å². The maximum absolute atomic E-state index is 11.9. The van der Waals surface area contributed by atoms with Crippen LogP contribution in [0.25, 0.3) is 0 Å². The molecule has 21 heavy (non-hydrogen) atoms. The van der Waals surface area contributed by atoms with Crippen LogP contribution < -0.4 is 10.6 Å². The Morgan fingerprint density at radius 2 is 2.00 bits per heavy atom. The highest BCUT2D eigenvalue weighted by Gasteiger charge is 2.23. The number of carbonyl (C=O) groups excluding carboxylic acids is 1. The van der Waals surface area contributed by atoms with Gasteiger partial charge in [-0.3, -0.25) is 4.79 Å². The highest BCUT2D eigenvalue weighted by Crippen LogP contribution is 2.31. The molecule has 0 radical (unpaired) electrons. The normalized spacial score (nSPS) is 15.5. The summed E-state index contributed by atoms with van der Waals surface area (Å²) in [6, 6.07) is 10.3. The van der Waals surface area contributed by atoms with Gasteiger partial charge in [0.2, 0.25) is 0 Å². The van der Waals surface area contributed by atoms with Crippen molar-refractivity contribution >= 4 is 38.9 Å². The van der Waals surface area contributed by atoms with Crippen molar-refractivity contribution in [2.24, 2.45) is 0 Å². The average molecular weight is 365 g/mol. The summed E-state index contributed by atoms with van der Waals surface area (Å²) in [5, 5.41) is 8.52. The first-order valence-electron chi connectivity index (χ1n) is 7.04. The van der Waals surface area contributed by atoms with Crippen LogP contribution in [0.15, 0.2) is 40.2 Å². The fraction of sp³-hybridized carbons (Fsp3) is 0.312. The minimum atomic E-state index is 0.0260. The van der Waals surface area contributed by atoms with Gasteiger partial charge in [-0.1, -0.05) is 0 Å². The third-order valence-electron chi connectivity index (χ3n) is 3.48. The first-order valence-corrected chi connectivity index (χ1v) is 8.71. The molecule has 1 atom stereocenters. The number of nitrogens with one attached hydrogen (secondary N) is 2. The summed E-state index contributed by atoms with van der Waals surface area (Å²) < 4.78 is 1.13. The predicted octanol–water partition coefficient (Wildman–Crippen LogP) is 4.58. The Hall–Kier alpha value is -1.33. The Morgan fingerprint density at radius 1 is 1.29 bits per heavy atom. The Bertz CT molecular complexity index is 634. The van der Waals surface area contributed by atoms with Crippen molar-refractivity contribution in [3.8, 4) is 0 Å². The predicted molar refractivity (Wildman–Crippen MR) is 91.0 cm³/mol. The second kappa shape index (κ2) is 6.20. The molecule has 110 valence electrons. The third-order valence-corrected chi connectivity index (χ3v) is 5.53. The fourth-order valence-electron chi connectivity index (χ4n) is 2.14. The van der Waals surface area contributed by atoms with Gasteiger partial charge in [0.15, 0.2) is 0 Å². The Kier molecular flexibility index (Phi) is 4.31. The number of hydrogen-bond donors (Lipinski definition) is 2. The van der Waals surface area contributed by atoms with Crippen molar-refractivity contribution in [2.45, 2.75) is 31.8 Å². The highest BCUT2D eigenvalue weighted by atomic mass is 79.9. The van der Waals surface area contributed by atoms with Crippen molar-refractivity contribution in [2.75, 3.05) is 5.32 Å². The molecule has 3 rings (SSSR count). The van der Waals surface area contributed by atoms with Crippen molar-refractivity contribution in [1.29, 1.82) is 0 Å². The van der Waals surface area contributed by atoms with E-state index in [4.69, 9.17) is 0 Å². The molecule has 0 spiro atoms. The summed E-state index contributed by atoms with van der Waals surface area (Å²) in [6.07, 6.45) is 2.22.